The van der Waals surface area contributed by atoms with E-state index >= 15 is 0 Å². The standard InChI is InChI=1S/C27H19F3N2O6/c28-27(29,30)17-3-1-2-15(11-17)16-6-9-21-19(12-16)20(25(35)36)13-22(31-21)24(34)32-23(26(37)38)10-14-4-7-18(33)8-5-14/h1-9,11-13,23,33H,10H2,(H,32,34)(H,35,36)(H,37,38)/t23-/m0/s1. The number of aromatic nitrogens is 1. The van der Waals surface area contributed by atoms with Crippen LogP contribution in [0.25, 0.3) is 22.0 Å². The number of carboxylic acids is 2. The van der Waals surface area contributed by atoms with E-state index in [2.05, 4.69) is 10.3 Å². The van der Waals surface area contributed by atoms with Gasteiger partial charge in [0.2, 0.25) is 0 Å². The van der Waals surface area contributed by atoms with Crippen molar-refractivity contribution < 1.29 is 42.9 Å². The number of phenols is 1. The number of halogens is 3. The summed E-state index contributed by atoms with van der Waals surface area (Å²) in [5.41, 5.74) is -0.424. The molecule has 11 heteroatoms. The summed E-state index contributed by atoms with van der Waals surface area (Å²) in [6.07, 6.45) is -4.67. The van der Waals surface area contributed by atoms with Crippen LogP contribution in [0, 0.1) is 0 Å². The molecule has 0 bridgehead atoms. The monoisotopic (exact) mass is 524 g/mol. The molecule has 0 aliphatic heterocycles. The highest BCUT2D eigenvalue weighted by Crippen LogP contribution is 2.33. The molecule has 1 aromatic heterocycles. The molecule has 194 valence electrons. The molecule has 8 nitrogen and oxygen atoms in total. The number of alkyl halides is 3. The zero-order chi connectivity index (χ0) is 27.6. The fraction of sp³-hybridized carbons (Fsp3) is 0.111. The number of hydrogen-bond acceptors (Lipinski definition) is 5. The third-order valence-corrected chi connectivity index (χ3v) is 5.77. The number of rotatable bonds is 7. The Hall–Kier alpha value is -4.93. The molecule has 0 unspecified atom stereocenters. The molecule has 0 fully saturated rings. The number of aromatic carboxylic acids is 1. The minimum absolute atomic E-state index is 0.0116. The lowest BCUT2D eigenvalue weighted by molar-refractivity contribution is -0.139. The largest absolute Gasteiger partial charge is 0.508 e. The van der Waals surface area contributed by atoms with E-state index in [4.69, 9.17) is 0 Å². The van der Waals surface area contributed by atoms with Gasteiger partial charge in [0.15, 0.2) is 0 Å². The van der Waals surface area contributed by atoms with Crippen LogP contribution in [-0.4, -0.2) is 44.2 Å². The summed E-state index contributed by atoms with van der Waals surface area (Å²) < 4.78 is 39.4. The van der Waals surface area contributed by atoms with Crippen molar-refractivity contribution in [3.8, 4) is 16.9 Å². The van der Waals surface area contributed by atoms with E-state index in [0.717, 1.165) is 18.2 Å². The van der Waals surface area contributed by atoms with Crippen LogP contribution in [0.5, 0.6) is 5.75 Å². The molecule has 1 heterocycles. The number of aromatic hydroxyl groups is 1. The second-order valence-corrected chi connectivity index (χ2v) is 8.41. The molecular formula is C27H19F3N2O6. The maximum absolute atomic E-state index is 13.1. The number of carbonyl (C=O) groups excluding carboxylic acids is 1. The van der Waals surface area contributed by atoms with E-state index in [1.807, 2.05) is 0 Å². The van der Waals surface area contributed by atoms with E-state index in [0.29, 0.717) is 11.1 Å². The SMILES string of the molecule is O=C(N[C@@H](Cc1ccc(O)cc1)C(=O)O)c1cc(C(=O)O)c2cc(-c3cccc(C(F)(F)F)c3)ccc2n1. The molecule has 4 rings (SSSR count). The van der Waals surface area contributed by atoms with Crippen LogP contribution in [0.1, 0.15) is 32.0 Å². The Kier molecular flexibility index (Phi) is 7.02. The summed E-state index contributed by atoms with van der Waals surface area (Å²) in [6.45, 7) is 0. The Morgan fingerprint density at radius 1 is 0.895 bits per heavy atom. The number of nitrogens with one attached hydrogen (secondary N) is 1. The fourth-order valence-corrected chi connectivity index (χ4v) is 3.87. The molecule has 1 amide bonds. The second kappa shape index (κ2) is 10.2. The topological polar surface area (TPSA) is 137 Å². The predicted molar refractivity (Wildman–Crippen MR) is 130 cm³/mol. The highest BCUT2D eigenvalue weighted by atomic mass is 19.4. The first-order valence-electron chi connectivity index (χ1n) is 11.1. The van der Waals surface area contributed by atoms with Crippen LogP contribution >= 0.6 is 0 Å². The molecule has 4 N–H and O–H groups in total. The Morgan fingerprint density at radius 3 is 2.21 bits per heavy atom. The smallest absolute Gasteiger partial charge is 0.416 e. The molecule has 3 aromatic carbocycles. The molecule has 0 spiro atoms. The van der Waals surface area contributed by atoms with E-state index < -0.39 is 35.6 Å². The van der Waals surface area contributed by atoms with Crippen LogP contribution in [0.2, 0.25) is 0 Å². The van der Waals surface area contributed by atoms with Gasteiger partial charge in [0, 0.05) is 11.8 Å². The number of pyridine rings is 1. The van der Waals surface area contributed by atoms with Crippen LogP contribution in [-0.2, 0) is 17.4 Å². The van der Waals surface area contributed by atoms with Gasteiger partial charge in [0.25, 0.3) is 5.91 Å². The van der Waals surface area contributed by atoms with E-state index in [1.165, 1.54) is 54.6 Å². The van der Waals surface area contributed by atoms with Gasteiger partial charge in [0.05, 0.1) is 16.6 Å². The van der Waals surface area contributed by atoms with Crippen LogP contribution in [0.3, 0.4) is 0 Å². The molecule has 0 radical (unpaired) electrons. The van der Waals surface area contributed by atoms with Gasteiger partial charge >= 0.3 is 18.1 Å². The number of amides is 1. The van der Waals surface area contributed by atoms with Crippen LogP contribution in [0.15, 0.2) is 72.8 Å². The number of aliphatic carboxylic acids is 1. The van der Waals surface area contributed by atoms with Crippen LogP contribution < -0.4 is 5.32 Å². The summed E-state index contributed by atoms with van der Waals surface area (Å²) in [4.78, 5) is 40.8. The highest BCUT2D eigenvalue weighted by Gasteiger charge is 2.30. The van der Waals surface area contributed by atoms with Crippen molar-refractivity contribution in [3.05, 3.63) is 95.2 Å². The zero-order valence-electron chi connectivity index (χ0n) is 19.4. The van der Waals surface area contributed by atoms with E-state index in [9.17, 15) is 42.9 Å². The minimum atomic E-state index is -4.56. The quantitative estimate of drug-likeness (QED) is 0.274. The normalized spacial score (nSPS) is 12.2. The Labute approximate surface area is 213 Å². The van der Waals surface area contributed by atoms with E-state index in [-0.39, 0.29) is 39.9 Å². The van der Waals surface area contributed by atoms with Gasteiger partial charge in [-0.3, -0.25) is 4.79 Å². The van der Waals surface area contributed by atoms with Crippen LogP contribution in [0.4, 0.5) is 13.2 Å². The maximum Gasteiger partial charge on any atom is 0.416 e. The molecule has 0 aliphatic rings. The number of benzene rings is 3. The van der Waals surface area contributed by atoms with Gasteiger partial charge in [0.1, 0.15) is 17.5 Å². The lowest BCUT2D eigenvalue weighted by Crippen LogP contribution is -2.42. The summed E-state index contributed by atoms with van der Waals surface area (Å²) >= 11 is 0. The lowest BCUT2D eigenvalue weighted by Gasteiger charge is -2.15. The lowest BCUT2D eigenvalue weighted by atomic mass is 9.98. The van der Waals surface area contributed by atoms with Crippen molar-refractivity contribution in [1.82, 2.24) is 10.3 Å². The minimum Gasteiger partial charge on any atom is -0.508 e. The van der Waals surface area contributed by atoms with Gasteiger partial charge < -0.3 is 20.6 Å². The Balaban J connectivity index is 1.67. The summed E-state index contributed by atoms with van der Waals surface area (Å²) in [5, 5.41) is 31.1. The molecular weight excluding hydrogens is 505 g/mol. The number of hydrogen-bond donors (Lipinski definition) is 4. The number of fused-ring (bicyclic) bond motifs is 1. The van der Waals surface area contributed by atoms with Crippen molar-refractivity contribution in [2.24, 2.45) is 0 Å². The molecule has 0 saturated heterocycles. The van der Waals surface area contributed by atoms with Crippen molar-refractivity contribution in [2.75, 3.05) is 0 Å². The fourth-order valence-electron chi connectivity index (χ4n) is 3.87. The molecule has 0 saturated carbocycles. The van der Waals surface area contributed by atoms with Gasteiger partial charge in [-0.25, -0.2) is 14.6 Å². The number of carboxylic acid groups (broad SMARTS) is 2. The number of phenolic OH excluding ortho intramolecular Hbond substituents is 1. The molecule has 1 atom stereocenters. The van der Waals surface area contributed by atoms with Crippen molar-refractivity contribution in [3.63, 3.8) is 0 Å². The summed E-state index contributed by atoms with van der Waals surface area (Å²) in [7, 11) is 0. The Morgan fingerprint density at radius 2 is 1.58 bits per heavy atom. The molecule has 38 heavy (non-hydrogen) atoms. The first kappa shape index (κ1) is 26.1. The van der Waals surface area contributed by atoms with Crippen molar-refractivity contribution in [2.45, 2.75) is 18.6 Å². The second-order valence-electron chi connectivity index (χ2n) is 8.41. The van der Waals surface area contributed by atoms with Crippen molar-refractivity contribution in [1.29, 1.82) is 0 Å². The molecule has 0 aliphatic carbocycles. The van der Waals surface area contributed by atoms with Gasteiger partial charge in [-0.05, 0) is 59.2 Å². The summed E-state index contributed by atoms with van der Waals surface area (Å²) in [6, 6.07) is 14.1. The van der Waals surface area contributed by atoms with Gasteiger partial charge in [-0.1, -0.05) is 30.3 Å². The zero-order valence-corrected chi connectivity index (χ0v) is 19.4. The van der Waals surface area contributed by atoms with Gasteiger partial charge in [-0.2, -0.15) is 13.2 Å². The first-order valence-corrected chi connectivity index (χ1v) is 11.1. The summed E-state index contributed by atoms with van der Waals surface area (Å²) in [5.74, 6) is -3.69. The highest BCUT2D eigenvalue weighted by molar-refractivity contribution is 6.07. The maximum atomic E-state index is 13.1. The van der Waals surface area contributed by atoms with Crippen molar-refractivity contribution >= 4 is 28.7 Å². The predicted octanol–water partition coefficient (Wildman–Crippen LogP) is 4.75. The number of carbonyl (C=O) groups is 3. The molecule has 4 aromatic rings. The Bertz CT molecular complexity index is 1550. The van der Waals surface area contributed by atoms with E-state index in [1.54, 1.807) is 0 Å². The third-order valence-electron chi connectivity index (χ3n) is 5.77. The average Bonchev–Trinajstić information content (AvgIpc) is 2.87. The number of nitrogens with zero attached hydrogens (tertiary/aromatic N) is 1. The average molecular weight is 524 g/mol. The first-order chi connectivity index (χ1) is 17.9. The van der Waals surface area contributed by atoms with Gasteiger partial charge in [-0.15, -0.1) is 0 Å². The third kappa shape index (κ3) is 5.72.